The molecule has 0 aliphatic carbocycles. The average Bonchev–Trinajstić information content (AvgIpc) is 2.02. The summed E-state index contributed by atoms with van der Waals surface area (Å²) in [5.41, 5.74) is 0. The first-order valence-electron chi connectivity index (χ1n) is 4.54. The lowest BCUT2D eigenvalue weighted by Crippen LogP contribution is -2.44. The van der Waals surface area contributed by atoms with Crippen LogP contribution in [-0.4, -0.2) is 34.6 Å². The second kappa shape index (κ2) is 6.60. The van der Waals surface area contributed by atoms with Crippen molar-refractivity contribution in [3.8, 4) is 0 Å². The molecule has 0 saturated heterocycles. The van der Waals surface area contributed by atoms with Crippen molar-refractivity contribution in [3.05, 3.63) is 0 Å². The van der Waals surface area contributed by atoms with Crippen molar-refractivity contribution in [2.45, 2.75) is 27.3 Å². The summed E-state index contributed by atoms with van der Waals surface area (Å²) in [4.78, 5) is 0. The Labute approximate surface area is 76.3 Å². The van der Waals surface area contributed by atoms with Gasteiger partial charge in [0.05, 0.1) is 6.23 Å². The number of hydrogen-bond acceptors (Lipinski definition) is 3. The van der Waals surface area contributed by atoms with Crippen LogP contribution in [-0.2, 0) is 13.6 Å². The minimum absolute atomic E-state index is 0.630. The molecule has 4 heteroatoms. The lowest BCUT2D eigenvalue weighted by atomic mass is 10.9. The van der Waals surface area contributed by atoms with E-state index < -0.39 is 8.56 Å². The van der Waals surface area contributed by atoms with Gasteiger partial charge in [-0.3, -0.25) is 0 Å². The molecule has 12 heavy (non-hydrogen) atoms. The summed E-state index contributed by atoms with van der Waals surface area (Å²) in [6, 6.07) is 0. The molecule has 0 heterocycles. The third kappa shape index (κ3) is 4.87. The van der Waals surface area contributed by atoms with Gasteiger partial charge in [0, 0.05) is 19.8 Å². The van der Waals surface area contributed by atoms with E-state index in [0.717, 1.165) is 6.61 Å². The standard InChI is InChI=1S/C8H20O3Si/c1-5-9-8-12(4,10-6-2)11-7-3/h5-8H2,1-4H3. The SMILES string of the molecule is CCOC[Si](C)(OCC)OCC. The first kappa shape index (κ1) is 12.1. The summed E-state index contributed by atoms with van der Waals surface area (Å²) in [5.74, 6) is 0. The monoisotopic (exact) mass is 192 g/mol. The minimum Gasteiger partial charge on any atom is -0.393 e. The van der Waals surface area contributed by atoms with Crippen LogP contribution < -0.4 is 0 Å². The molecule has 0 saturated carbocycles. The molecule has 0 atom stereocenters. The molecule has 0 aliphatic heterocycles. The highest BCUT2D eigenvalue weighted by Crippen LogP contribution is 2.07. The van der Waals surface area contributed by atoms with Gasteiger partial charge < -0.3 is 13.6 Å². The van der Waals surface area contributed by atoms with Crippen molar-refractivity contribution in [3.63, 3.8) is 0 Å². The smallest absolute Gasteiger partial charge is 0.361 e. The molecule has 74 valence electrons. The summed E-state index contributed by atoms with van der Waals surface area (Å²) in [7, 11) is -1.99. The van der Waals surface area contributed by atoms with Gasteiger partial charge >= 0.3 is 8.56 Å². The molecule has 0 aliphatic rings. The molecule has 0 aromatic carbocycles. The van der Waals surface area contributed by atoms with Crippen molar-refractivity contribution in [2.75, 3.05) is 26.1 Å². The molecular formula is C8H20O3Si. The maximum Gasteiger partial charge on any atom is 0.361 e. The van der Waals surface area contributed by atoms with Crippen LogP contribution in [0.2, 0.25) is 6.55 Å². The van der Waals surface area contributed by atoms with E-state index in [1.165, 1.54) is 0 Å². The molecule has 0 amide bonds. The summed E-state index contributed by atoms with van der Waals surface area (Å²) in [6.45, 7) is 10.1. The second-order valence-electron chi connectivity index (χ2n) is 2.64. The molecule has 0 fully saturated rings. The van der Waals surface area contributed by atoms with Gasteiger partial charge in [-0.15, -0.1) is 0 Å². The van der Waals surface area contributed by atoms with Gasteiger partial charge in [0.1, 0.15) is 0 Å². The fourth-order valence-electron chi connectivity index (χ4n) is 1.02. The van der Waals surface area contributed by atoms with E-state index in [0.29, 0.717) is 19.4 Å². The summed E-state index contributed by atoms with van der Waals surface area (Å²) >= 11 is 0. The highest BCUT2D eigenvalue weighted by atomic mass is 28.4. The molecule has 0 rings (SSSR count). The summed E-state index contributed by atoms with van der Waals surface area (Å²) in [5, 5.41) is 0. The molecule has 0 bridgehead atoms. The van der Waals surface area contributed by atoms with E-state index in [1.54, 1.807) is 0 Å². The Hall–Kier alpha value is 0.0969. The van der Waals surface area contributed by atoms with Crippen LogP contribution in [0.25, 0.3) is 0 Å². The second-order valence-corrected chi connectivity index (χ2v) is 5.77. The zero-order chi connectivity index (χ0) is 9.45. The number of hydrogen-bond donors (Lipinski definition) is 0. The fourth-order valence-corrected chi connectivity index (χ4v) is 3.07. The van der Waals surface area contributed by atoms with Gasteiger partial charge in [0.25, 0.3) is 0 Å². The summed E-state index contributed by atoms with van der Waals surface area (Å²) < 4.78 is 16.4. The zero-order valence-electron chi connectivity index (χ0n) is 8.55. The van der Waals surface area contributed by atoms with Crippen LogP contribution in [0.4, 0.5) is 0 Å². The molecule has 0 radical (unpaired) electrons. The third-order valence-electron chi connectivity index (χ3n) is 1.47. The average molecular weight is 192 g/mol. The van der Waals surface area contributed by atoms with E-state index in [-0.39, 0.29) is 0 Å². The van der Waals surface area contributed by atoms with Crippen LogP contribution in [0, 0.1) is 0 Å². The largest absolute Gasteiger partial charge is 0.393 e. The molecule has 0 aromatic heterocycles. The van der Waals surface area contributed by atoms with E-state index in [2.05, 4.69) is 0 Å². The van der Waals surface area contributed by atoms with E-state index >= 15 is 0 Å². The molecule has 0 unspecified atom stereocenters. The first-order chi connectivity index (χ1) is 5.68. The van der Waals surface area contributed by atoms with Gasteiger partial charge in [0.2, 0.25) is 0 Å². The number of rotatable bonds is 7. The van der Waals surface area contributed by atoms with Crippen molar-refractivity contribution >= 4 is 8.56 Å². The molecule has 0 aromatic rings. The maximum atomic E-state index is 5.56. The van der Waals surface area contributed by atoms with Crippen LogP contribution in [0.1, 0.15) is 20.8 Å². The normalized spacial score (nSPS) is 12.0. The predicted molar refractivity (Wildman–Crippen MR) is 51.4 cm³/mol. The summed E-state index contributed by atoms with van der Waals surface area (Å²) in [6.07, 6.45) is 0.630. The topological polar surface area (TPSA) is 27.7 Å². The van der Waals surface area contributed by atoms with E-state index in [9.17, 15) is 0 Å². The Morgan fingerprint density at radius 3 is 1.75 bits per heavy atom. The lowest BCUT2D eigenvalue weighted by Gasteiger charge is -2.25. The van der Waals surface area contributed by atoms with Crippen molar-refractivity contribution < 1.29 is 13.6 Å². The Balaban J connectivity index is 3.80. The molecule has 3 nitrogen and oxygen atoms in total. The quantitative estimate of drug-likeness (QED) is 0.575. The third-order valence-corrected chi connectivity index (χ3v) is 3.99. The lowest BCUT2D eigenvalue weighted by molar-refractivity contribution is 0.116. The van der Waals surface area contributed by atoms with Gasteiger partial charge in [-0.05, 0) is 27.3 Å². The maximum absolute atomic E-state index is 5.56. The zero-order valence-corrected chi connectivity index (χ0v) is 9.55. The Morgan fingerprint density at radius 2 is 1.42 bits per heavy atom. The van der Waals surface area contributed by atoms with Gasteiger partial charge in [-0.1, -0.05) is 0 Å². The Morgan fingerprint density at radius 1 is 0.917 bits per heavy atom. The molecule has 0 spiro atoms. The number of ether oxygens (including phenoxy) is 1. The van der Waals surface area contributed by atoms with Crippen LogP contribution in [0.15, 0.2) is 0 Å². The van der Waals surface area contributed by atoms with Crippen molar-refractivity contribution in [1.82, 2.24) is 0 Å². The van der Waals surface area contributed by atoms with Crippen molar-refractivity contribution in [2.24, 2.45) is 0 Å². The molecular weight excluding hydrogens is 172 g/mol. The van der Waals surface area contributed by atoms with Crippen LogP contribution in [0.5, 0.6) is 0 Å². The first-order valence-corrected chi connectivity index (χ1v) is 7.06. The van der Waals surface area contributed by atoms with E-state index in [4.69, 9.17) is 13.6 Å². The minimum atomic E-state index is -1.99. The van der Waals surface area contributed by atoms with Gasteiger partial charge in [0.15, 0.2) is 0 Å². The van der Waals surface area contributed by atoms with E-state index in [1.807, 2.05) is 27.3 Å². The van der Waals surface area contributed by atoms with Gasteiger partial charge in [-0.25, -0.2) is 0 Å². The van der Waals surface area contributed by atoms with Crippen molar-refractivity contribution in [1.29, 1.82) is 0 Å². The highest BCUT2D eigenvalue weighted by Gasteiger charge is 2.30. The highest BCUT2D eigenvalue weighted by molar-refractivity contribution is 6.65. The van der Waals surface area contributed by atoms with Gasteiger partial charge in [-0.2, -0.15) is 0 Å². The predicted octanol–water partition coefficient (Wildman–Crippen LogP) is 1.71. The Bertz CT molecular complexity index is 102. The van der Waals surface area contributed by atoms with Crippen LogP contribution >= 0.6 is 0 Å². The fraction of sp³-hybridized carbons (Fsp3) is 1.00. The van der Waals surface area contributed by atoms with Crippen LogP contribution in [0.3, 0.4) is 0 Å². The Kier molecular flexibility index (Phi) is 6.65. The molecule has 0 N–H and O–H groups in total.